The summed E-state index contributed by atoms with van der Waals surface area (Å²) in [7, 11) is 0. The molecular weight excluding hydrogens is 232 g/mol. The molecule has 0 aliphatic carbocycles. The second-order valence-electron chi connectivity index (χ2n) is 4.21. The molecule has 17 heavy (non-hydrogen) atoms. The van der Waals surface area contributed by atoms with E-state index in [0.29, 0.717) is 0 Å². The van der Waals surface area contributed by atoms with Crippen molar-refractivity contribution in [2.24, 2.45) is 0 Å². The van der Waals surface area contributed by atoms with Gasteiger partial charge in [0.15, 0.2) is 0 Å². The molecule has 1 aromatic carbocycles. The summed E-state index contributed by atoms with van der Waals surface area (Å²) in [5.41, 5.74) is 0.873. The average molecular weight is 250 g/mol. The third-order valence-electron chi connectivity index (χ3n) is 2.98. The van der Waals surface area contributed by atoms with Crippen LogP contribution in [0.15, 0.2) is 29.2 Å². The number of hydrogen-bond donors (Lipinski definition) is 1. The van der Waals surface area contributed by atoms with Crippen molar-refractivity contribution in [3.05, 3.63) is 24.3 Å². The molecule has 1 heterocycles. The third kappa shape index (κ3) is 3.40. The number of nitrogens with zero attached hydrogens (tertiary/aromatic N) is 1. The number of likely N-dealkylation sites (tertiary alicyclic amines) is 1. The maximum absolute atomic E-state index is 11.9. The number of thioether (sulfide) groups is 1. The highest BCUT2D eigenvalue weighted by molar-refractivity contribution is 7.98. The van der Waals surface area contributed by atoms with Crippen molar-refractivity contribution in [2.75, 3.05) is 24.7 Å². The molecule has 1 saturated heterocycles. The van der Waals surface area contributed by atoms with Crippen molar-refractivity contribution in [1.29, 1.82) is 0 Å². The molecule has 0 bridgehead atoms. The van der Waals surface area contributed by atoms with Crippen molar-refractivity contribution >= 4 is 23.5 Å². The lowest BCUT2D eigenvalue weighted by Gasteiger charge is -2.26. The van der Waals surface area contributed by atoms with Crippen LogP contribution in [0.25, 0.3) is 0 Å². The van der Waals surface area contributed by atoms with Gasteiger partial charge in [-0.15, -0.1) is 11.8 Å². The van der Waals surface area contributed by atoms with Gasteiger partial charge in [0.1, 0.15) is 0 Å². The lowest BCUT2D eigenvalue weighted by molar-refractivity contribution is 0.200. The van der Waals surface area contributed by atoms with E-state index in [1.54, 1.807) is 11.8 Å². The second kappa shape index (κ2) is 5.96. The first kappa shape index (κ1) is 12.3. The molecule has 0 radical (unpaired) electrons. The summed E-state index contributed by atoms with van der Waals surface area (Å²) in [6.07, 6.45) is 5.53. The Kier molecular flexibility index (Phi) is 4.31. The monoisotopic (exact) mass is 250 g/mol. The van der Waals surface area contributed by atoms with Crippen LogP contribution in [0.4, 0.5) is 10.5 Å². The molecule has 92 valence electrons. The number of hydrogen-bond acceptors (Lipinski definition) is 2. The van der Waals surface area contributed by atoms with E-state index >= 15 is 0 Å². The molecule has 0 spiro atoms. The Balaban J connectivity index is 1.92. The number of urea groups is 1. The Morgan fingerprint density at radius 1 is 1.18 bits per heavy atom. The van der Waals surface area contributed by atoms with Crippen molar-refractivity contribution in [3.63, 3.8) is 0 Å². The highest BCUT2D eigenvalue weighted by atomic mass is 32.2. The average Bonchev–Trinajstić information content (AvgIpc) is 2.40. The zero-order chi connectivity index (χ0) is 12.1. The highest BCUT2D eigenvalue weighted by Crippen LogP contribution is 2.18. The summed E-state index contributed by atoms with van der Waals surface area (Å²) in [5, 5.41) is 2.94. The zero-order valence-electron chi connectivity index (χ0n) is 10.1. The molecule has 3 nitrogen and oxygen atoms in total. The van der Waals surface area contributed by atoms with Gasteiger partial charge in [-0.2, -0.15) is 0 Å². The first-order valence-electron chi connectivity index (χ1n) is 5.99. The molecule has 0 aromatic heterocycles. The van der Waals surface area contributed by atoms with Crippen LogP contribution in [-0.4, -0.2) is 30.3 Å². The smallest absolute Gasteiger partial charge is 0.321 e. The maximum Gasteiger partial charge on any atom is 0.321 e. The molecule has 1 fully saturated rings. The predicted octanol–water partition coefficient (Wildman–Crippen LogP) is 3.43. The maximum atomic E-state index is 11.9. The van der Waals surface area contributed by atoms with Crippen LogP contribution in [0.5, 0.6) is 0 Å². The Hall–Kier alpha value is -1.16. The minimum atomic E-state index is 0.0293. The molecule has 2 amide bonds. The Labute approximate surface area is 107 Å². The van der Waals surface area contributed by atoms with Crippen LogP contribution >= 0.6 is 11.8 Å². The predicted molar refractivity (Wildman–Crippen MR) is 72.7 cm³/mol. The van der Waals surface area contributed by atoms with Gasteiger partial charge >= 0.3 is 6.03 Å². The van der Waals surface area contributed by atoms with Crippen molar-refractivity contribution in [1.82, 2.24) is 4.90 Å². The normalized spacial score (nSPS) is 15.7. The van der Waals surface area contributed by atoms with Gasteiger partial charge in [0, 0.05) is 23.7 Å². The van der Waals surface area contributed by atoms with Crippen molar-refractivity contribution < 1.29 is 4.79 Å². The number of nitrogens with one attached hydrogen (secondary N) is 1. The number of carbonyl (C=O) groups is 1. The summed E-state index contributed by atoms with van der Waals surface area (Å²) in [6, 6.07) is 7.98. The quantitative estimate of drug-likeness (QED) is 0.816. The summed E-state index contributed by atoms with van der Waals surface area (Å²) >= 11 is 1.70. The molecule has 0 atom stereocenters. The Morgan fingerprint density at radius 3 is 2.41 bits per heavy atom. The number of amides is 2. The van der Waals surface area contributed by atoms with E-state index in [0.717, 1.165) is 31.6 Å². The van der Waals surface area contributed by atoms with Gasteiger partial charge in [0.2, 0.25) is 0 Å². The minimum Gasteiger partial charge on any atom is -0.325 e. The van der Waals surface area contributed by atoms with E-state index in [1.807, 2.05) is 35.4 Å². The minimum absolute atomic E-state index is 0.0293. The molecule has 2 rings (SSSR count). The molecule has 0 saturated carbocycles. The summed E-state index contributed by atoms with van der Waals surface area (Å²) in [6.45, 7) is 1.77. The van der Waals surface area contributed by atoms with Crippen LogP contribution in [-0.2, 0) is 0 Å². The van der Waals surface area contributed by atoms with Gasteiger partial charge in [-0.05, 0) is 49.8 Å². The van der Waals surface area contributed by atoms with Crippen LogP contribution in [0.1, 0.15) is 19.3 Å². The molecule has 1 aliphatic rings. The fourth-order valence-electron chi connectivity index (χ4n) is 1.97. The van der Waals surface area contributed by atoms with E-state index in [4.69, 9.17) is 0 Å². The van der Waals surface area contributed by atoms with Gasteiger partial charge in [-0.3, -0.25) is 0 Å². The lowest BCUT2D eigenvalue weighted by Crippen LogP contribution is -2.38. The fraction of sp³-hybridized carbons (Fsp3) is 0.462. The topological polar surface area (TPSA) is 32.3 Å². The van der Waals surface area contributed by atoms with E-state index in [2.05, 4.69) is 5.32 Å². The number of rotatable bonds is 2. The molecule has 1 aliphatic heterocycles. The van der Waals surface area contributed by atoms with Crippen molar-refractivity contribution in [2.45, 2.75) is 24.2 Å². The standard InChI is InChI=1S/C13H18N2OS/c1-17-12-7-5-11(6-8-12)14-13(16)15-9-3-2-4-10-15/h5-8H,2-4,9-10H2,1H3,(H,14,16). The SMILES string of the molecule is CSc1ccc(NC(=O)N2CCCCC2)cc1. The van der Waals surface area contributed by atoms with Crippen molar-refractivity contribution in [3.8, 4) is 0 Å². The molecule has 0 unspecified atom stereocenters. The molecule has 4 heteroatoms. The first-order chi connectivity index (χ1) is 8.29. The first-order valence-corrected chi connectivity index (χ1v) is 7.22. The molecule has 1 aromatic rings. The van der Waals surface area contributed by atoms with Gasteiger partial charge in [0.05, 0.1) is 0 Å². The number of anilines is 1. The van der Waals surface area contributed by atoms with Gasteiger partial charge < -0.3 is 10.2 Å². The zero-order valence-corrected chi connectivity index (χ0v) is 10.9. The third-order valence-corrected chi connectivity index (χ3v) is 3.73. The van der Waals surface area contributed by atoms with Crippen LogP contribution in [0.2, 0.25) is 0 Å². The molecular formula is C13H18N2OS. The van der Waals surface area contributed by atoms with Gasteiger partial charge in [-0.1, -0.05) is 0 Å². The largest absolute Gasteiger partial charge is 0.325 e. The van der Waals surface area contributed by atoms with E-state index in [-0.39, 0.29) is 6.03 Å². The van der Waals surface area contributed by atoms with Gasteiger partial charge in [0.25, 0.3) is 0 Å². The number of carbonyl (C=O) groups excluding carboxylic acids is 1. The van der Waals surface area contributed by atoms with E-state index < -0.39 is 0 Å². The lowest BCUT2D eigenvalue weighted by atomic mass is 10.1. The van der Waals surface area contributed by atoms with Crippen LogP contribution in [0, 0.1) is 0 Å². The Bertz CT molecular complexity index is 372. The van der Waals surface area contributed by atoms with E-state index in [9.17, 15) is 4.79 Å². The van der Waals surface area contributed by atoms with Crippen LogP contribution < -0.4 is 5.32 Å². The van der Waals surface area contributed by atoms with Gasteiger partial charge in [-0.25, -0.2) is 4.79 Å². The highest BCUT2D eigenvalue weighted by Gasteiger charge is 2.15. The second-order valence-corrected chi connectivity index (χ2v) is 5.09. The summed E-state index contributed by atoms with van der Waals surface area (Å²) < 4.78 is 0. The summed E-state index contributed by atoms with van der Waals surface area (Å²) in [4.78, 5) is 15.0. The molecule has 1 N–H and O–H groups in total. The summed E-state index contributed by atoms with van der Waals surface area (Å²) in [5.74, 6) is 0. The van der Waals surface area contributed by atoms with E-state index in [1.165, 1.54) is 11.3 Å². The number of benzene rings is 1. The Morgan fingerprint density at radius 2 is 1.82 bits per heavy atom. The number of piperidine rings is 1. The van der Waals surface area contributed by atoms with Crippen LogP contribution in [0.3, 0.4) is 0 Å². The fourth-order valence-corrected chi connectivity index (χ4v) is 2.38.